The number of pyridine rings is 2. The van der Waals surface area contributed by atoms with E-state index in [1.807, 2.05) is 0 Å². The Bertz CT molecular complexity index is 1210. The van der Waals surface area contributed by atoms with Gasteiger partial charge in [-0.25, -0.2) is 0 Å². The molecule has 0 aliphatic heterocycles. The van der Waals surface area contributed by atoms with Crippen LogP contribution >= 0.6 is 0 Å². The highest BCUT2D eigenvalue weighted by atomic mass is 16.6. The normalized spacial score (nSPS) is 10.3. The van der Waals surface area contributed by atoms with Gasteiger partial charge in [-0.05, 0) is 34.2 Å². The van der Waals surface area contributed by atoms with Crippen molar-refractivity contribution in [3.8, 4) is 11.5 Å². The average molecular weight is 380 g/mol. The molecule has 0 saturated heterocycles. The van der Waals surface area contributed by atoms with Crippen molar-refractivity contribution >= 4 is 33.3 Å². The van der Waals surface area contributed by atoms with Crippen molar-refractivity contribution in [3.63, 3.8) is 0 Å². The first-order chi connectivity index (χ1) is 13.4. The van der Waals surface area contributed by atoms with E-state index >= 15 is 0 Å². The Morgan fingerprint density at radius 3 is 2.32 bits per heavy atom. The van der Waals surface area contributed by atoms with E-state index in [1.54, 1.807) is 36.4 Å². The fraction of sp³-hybridized carbons (Fsp3) is 0. The highest BCUT2D eigenvalue weighted by molar-refractivity contribution is 5.91. The standard InChI is InChI=1S/2C9H6N2O3/c12-8-4-3-7(11(13)14)6-2-1-5-10-9(6)8;12-8-5-6-3-1-2-4-7(6)10-9(8)11(13)14/h2*1-5,12H. The first kappa shape index (κ1) is 18.5. The molecule has 0 fully saturated rings. The number of nitro groups is 2. The van der Waals surface area contributed by atoms with Gasteiger partial charge in [0.05, 0.1) is 10.3 Å². The van der Waals surface area contributed by atoms with Crippen molar-refractivity contribution in [2.24, 2.45) is 0 Å². The molecule has 10 heteroatoms. The van der Waals surface area contributed by atoms with Crippen molar-refractivity contribution in [3.05, 3.63) is 81.0 Å². The zero-order valence-corrected chi connectivity index (χ0v) is 14.1. The SMILES string of the molecule is O=[N+]([O-])c1ccc(O)c2ncccc12.O=[N+]([O-])c1nc2ccccc2cc1O. The summed E-state index contributed by atoms with van der Waals surface area (Å²) in [6.07, 6.45) is 1.48. The molecule has 0 aliphatic carbocycles. The minimum absolute atomic E-state index is 0.0498. The van der Waals surface area contributed by atoms with Gasteiger partial charge in [0.2, 0.25) is 5.75 Å². The number of aromatic nitrogens is 2. The van der Waals surface area contributed by atoms with Gasteiger partial charge < -0.3 is 20.3 Å². The number of phenolic OH excluding ortho intramolecular Hbond substituents is 1. The molecule has 0 bridgehead atoms. The van der Waals surface area contributed by atoms with Crippen LogP contribution in [0.25, 0.3) is 21.8 Å². The molecule has 2 heterocycles. The van der Waals surface area contributed by atoms with E-state index in [0.29, 0.717) is 16.3 Å². The highest BCUT2D eigenvalue weighted by Crippen LogP contribution is 2.30. The van der Waals surface area contributed by atoms with E-state index in [0.717, 1.165) is 0 Å². The van der Waals surface area contributed by atoms with E-state index in [-0.39, 0.29) is 17.0 Å². The summed E-state index contributed by atoms with van der Waals surface area (Å²) in [7, 11) is 0. The fourth-order valence-corrected chi connectivity index (χ4v) is 2.53. The number of hydrogen-bond acceptors (Lipinski definition) is 8. The molecule has 4 aromatic rings. The summed E-state index contributed by atoms with van der Waals surface area (Å²) in [4.78, 5) is 27.5. The quantitative estimate of drug-likeness (QED) is 0.394. The van der Waals surface area contributed by atoms with Crippen LogP contribution in [0.3, 0.4) is 0 Å². The lowest BCUT2D eigenvalue weighted by molar-refractivity contribution is -0.390. The summed E-state index contributed by atoms with van der Waals surface area (Å²) in [5.74, 6) is -0.969. The number of rotatable bonds is 2. The maximum atomic E-state index is 10.6. The zero-order valence-electron chi connectivity index (χ0n) is 14.1. The molecule has 0 spiro atoms. The van der Waals surface area contributed by atoms with Gasteiger partial charge in [0.15, 0.2) is 5.52 Å². The van der Waals surface area contributed by atoms with Crippen molar-refractivity contribution in [1.29, 1.82) is 0 Å². The topological polar surface area (TPSA) is 153 Å². The Balaban J connectivity index is 0.000000161. The second kappa shape index (κ2) is 7.50. The number of benzene rings is 2. The first-order valence-electron chi connectivity index (χ1n) is 7.82. The van der Waals surface area contributed by atoms with Crippen LogP contribution in [0.1, 0.15) is 0 Å². The van der Waals surface area contributed by atoms with Crippen LogP contribution in [0, 0.1) is 20.2 Å². The van der Waals surface area contributed by atoms with Crippen LogP contribution in [0.5, 0.6) is 11.5 Å². The van der Waals surface area contributed by atoms with Gasteiger partial charge in [-0.3, -0.25) is 15.1 Å². The van der Waals surface area contributed by atoms with Crippen LogP contribution < -0.4 is 0 Å². The second-order valence-corrected chi connectivity index (χ2v) is 5.54. The molecular formula is C18H12N4O6. The minimum atomic E-state index is -0.707. The van der Waals surface area contributed by atoms with Gasteiger partial charge in [0.1, 0.15) is 11.3 Å². The predicted octanol–water partition coefficient (Wildman–Crippen LogP) is 3.70. The average Bonchev–Trinajstić information content (AvgIpc) is 2.68. The van der Waals surface area contributed by atoms with Crippen molar-refractivity contribution in [1.82, 2.24) is 9.97 Å². The molecule has 28 heavy (non-hydrogen) atoms. The lowest BCUT2D eigenvalue weighted by atomic mass is 10.2. The van der Waals surface area contributed by atoms with E-state index in [4.69, 9.17) is 0 Å². The van der Waals surface area contributed by atoms with Gasteiger partial charge in [-0.2, -0.15) is 0 Å². The van der Waals surface area contributed by atoms with E-state index < -0.39 is 21.4 Å². The molecule has 0 radical (unpaired) electrons. The summed E-state index contributed by atoms with van der Waals surface area (Å²) >= 11 is 0. The van der Waals surface area contributed by atoms with Gasteiger partial charge in [0.25, 0.3) is 5.69 Å². The Morgan fingerprint density at radius 2 is 1.61 bits per heavy atom. The maximum Gasteiger partial charge on any atom is 0.406 e. The minimum Gasteiger partial charge on any atom is -0.506 e. The summed E-state index contributed by atoms with van der Waals surface area (Å²) < 4.78 is 0. The van der Waals surface area contributed by atoms with Gasteiger partial charge in [-0.15, -0.1) is 0 Å². The number of phenols is 1. The number of hydrogen-bond donors (Lipinski definition) is 2. The van der Waals surface area contributed by atoms with Crippen LogP contribution in [0.2, 0.25) is 0 Å². The molecule has 2 aromatic heterocycles. The van der Waals surface area contributed by atoms with Crippen LogP contribution in [-0.4, -0.2) is 30.0 Å². The Kier molecular flexibility index (Phi) is 4.94. The summed E-state index contributed by atoms with van der Waals surface area (Å²) in [5, 5.41) is 40.8. The van der Waals surface area contributed by atoms with Gasteiger partial charge >= 0.3 is 5.82 Å². The Morgan fingerprint density at radius 1 is 0.857 bits per heavy atom. The molecule has 4 rings (SSSR count). The smallest absolute Gasteiger partial charge is 0.406 e. The van der Waals surface area contributed by atoms with Crippen molar-refractivity contribution < 1.29 is 20.1 Å². The number of nitro benzene ring substituents is 1. The number of para-hydroxylation sites is 1. The fourth-order valence-electron chi connectivity index (χ4n) is 2.53. The second-order valence-electron chi connectivity index (χ2n) is 5.54. The molecule has 0 saturated carbocycles. The van der Waals surface area contributed by atoms with Crippen LogP contribution in [0.15, 0.2) is 60.8 Å². The zero-order chi connectivity index (χ0) is 20.3. The van der Waals surface area contributed by atoms with E-state index in [2.05, 4.69) is 9.97 Å². The lowest BCUT2D eigenvalue weighted by Crippen LogP contribution is -1.92. The molecule has 10 nitrogen and oxygen atoms in total. The number of nitrogens with zero attached hydrogens (tertiary/aromatic N) is 4. The number of non-ortho nitro benzene ring substituents is 1. The Labute approximate surface area is 156 Å². The summed E-state index contributed by atoms with van der Waals surface area (Å²) in [6, 6.07) is 13.9. The predicted molar refractivity (Wildman–Crippen MR) is 100 cm³/mol. The lowest BCUT2D eigenvalue weighted by Gasteiger charge is -1.99. The van der Waals surface area contributed by atoms with Gasteiger partial charge in [-0.1, -0.05) is 18.2 Å². The number of aromatic hydroxyl groups is 2. The summed E-state index contributed by atoms with van der Waals surface area (Å²) in [6.45, 7) is 0. The molecule has 140 valence electrons. The monoisotopic (exact) mass is 380 g/mol. The third-order valence-electron chi connectivity index (χ3n) is 3.78. The van der Waals surface area contributed by atoms with Gasteiger partial charge in [0, 0.05) is 23.7 Å². The molecule has 0 unspecified atom stereocenters. The molecule has 0 atom stereocenters. The van der Waals surface area contributed by atoms with E-state index in [1.165, 1.54) is 24.4 Å². The van der Waals surface area contributed by atoms with Crippen molar-refractivity contribution in [2.45, 2.75) is 0 Å². The molecule has 0 amide bonds. The third kappa shape index (κ3) is 3.60. The van der Waals surface area contributed by atoms with Crippen molar-refractivity contribution in [2.75, 3.05) is 0 Å². The van der Waals surface area contributed by atoms with E-state index in [9.17, 15) is 30.4 Å². The number of fused-ring (bicyclic) bond motifs is 2. The largest absolute Gasteiger partial charge is 0.506 e. The van der Waals surface area contributed by atoms with Crippen LogP contribution in [0.4, 0.5) is 11.5 Å². The third-order valence-corrected chi connectivity index (χ3v) is 3.78. The Hall–Kier alpha value is -4.34. The molecule has 0 aliphatic rings. The summed E-state index contributed by atoms with van der Waals surface area (Å²) in [5.41, 5.74) is 0.699. The highest BCUT2D eigenvalue weighted by Gasteiger charge is 2.16. The first-order valence-corrected chi connectivity index (χ1v) is 7.82. The van der Waals surface area contributed by atoms with Crippen LogP contribution in [-0.2, 0) is 0 Å². The molecule has 2 N–H and O–H groups in total. The maximum absolute atomic E-state index is 10.6. The molecule has 2 aromatic carbocycles. The molecular weight excluding hydrogens is 368 g/mol.